The lowest BCUT2D eigenvalue weighted by atomic mass is 10.2. The fourth-order valence-corrected chi connectivity index (χ4v) is 2.04. The third-order valence-corrected chi connectivity index (χ3v) is 3.17. The summed E-state index contributed by atoms with van der Waals surface area (Å²) in [5, 5.41) is 22.4. The van der Waals surface area contributed by atoms with Gasteiger partial charge in [0.25, 0.3) is 5.69 Å². The van der Waals surface area contributed by atoms with Crippen molar-refractivity contribution in [2.24, 2.45) is 0 Å². The van der Waals surface area contributed by atoms with E-state index in [1.807, 2.05) is 0 Å². The minimum absolute atomic E-state index is 0.0198. The molecule has 7 nitrogen and oxygen atoms in total. The molecule has 0 spiro atoms. The molecule has 0 fully saturated rings. The highest BCUT2D eigenvalue weighted by Gasteiger charge is 2.11. The quantitative estimate of drug-likeness (QED) is 0.639. The van der Waals surface area contributed by atoms with Crippen LogP contribution in [0.2, 0.25) is 0 Å². The Kier molecular flexibility index (Phi) is 4.04. The highest BCUT2D eigenvalue weighted by Crippen LogP contribution is 2.27. The molecular formula is C12H9BrN2O5. The Morgan fingerprint density at radius 2 is 2.20 bits per heavy atom. The number of anilines is 1. The normalized spacial score (nSPS) is 10.2. The van der Waals surface area contributed by atoms with Crippen molar-refractivity contribution >= 4 is 33.3 Å². The first-order valence-electron chi connectivity index (χ1n) is 5.46. The van der Waals surface area contributed by atoms with Gasteiger partial charge in [0.05, 0.1) is 17.0 Å². The number of carboxylic acid groups (broad SMARTS) is 1. The third-order valence-electron chi connectivity index (χ3n) is 2.52. The number of nitrogens with zero attached hydrogens (tertiary/aromatic N) is 1. The van der Waals surface area contributed by atoms with E-state index in [4.69, 9.17) is 9.52 Å². The molecule has 0 unspecified atom stereocenters. The van der Waals surface area contributed by atoms with Crippen LogP contribution < -0.4 is 5.32 Å². The van der Waals surface area contributed by atoms with Crippen LogP contribution in [-0.4, -0.2) is 16.0 Å². The van der Waals surface area contributed by atoms with Crippen LogP contribution in [0.1, 0.15) is 16.1 Å². The number of aromatic carboxylic acids is 1. The average Bonchev–Trinajstić information content (AvgIpc) is 2.86. The number of rotatable bonds is 5. The number of hydrogen-bond acceptors (Lipinski definition) is 5. The van der Waals surface area contributed by atoms with Gasteiger partial charge in [-0.1, -0.05) is 0 Å². The first-order valence-corrected chi connectivity index (χ1v) is 6.25. The van der Waals surface area contributed by atoms with E-state index < -0.39 is 10.9 Å². The number of hydrogen-bond donors (Lipinski definition) is 2. The van der Waals surface area contributed by atoms with E-state index in [2.05, 4.69) is 21.2 Å². The number of halogens is 1. The predicted molar refractivity (Wildman–Crippen MR) is 73.8 cm³/mol. The number of carboxylic acids is 1. The number of benzene rings is 1. The van der Waals surface area contributed by atoms with Gasteiger partial charge in [-0.25, -0.2) is 4.79 Å². The molecule has 0 saturated carbocycles. The van der Waals surface area contributed by atoms with Crippen LogP contribution in [0.5, 0.6) is 0 Å². The largest absolute Gasteiger partial charge is 0.478 e. The minimum Gasteiger partial charge on any atom is -0.478 e. The van der Waals surface area contributed by atoms with Crippen LogP contribution in [0.4, 0.5) is 11.4 Å². The van der Waals surface area contributed by atoms with Crippen LogP contribution in [0.25, 0.3) is 0 Å². The standard InChI is InChI=1S/C12H9BrN2O5/c13-10-4-8(15(18)19)1-2-11(10)14-5-9-3-7(6-20-9)12(16)17/h1-4,6,14H,5H2,(H,16,17). The van der Waals surface area contributed by atoms with Crippen LogP contribution >= 0.6 is 15.9 Å². The zero-order valence-electron chi connectivity index (χ0n) is 10.00. The number of nitro groups is 1. The van der Waals surface area contributed by atoms with Crippen molar-refractivity contribution in [2.75, 3.05) is 5.32 Å². The molecule has 0 bridgehead atoms. The summed E-state index contributed by atoms with van der Waals surface area (Å²) >= 11 is 3.23. The molecule has 1 aromatic heterocycles. The molecule has 0 atom stereocenters. The maximum absolute atomic E-state index is 10.7. The Labute approximate surface area is 121 Å². The second-order valence-electron chi connectivity index (χ2n) is 3.88. The van der Waals surface area contributed by atoms with Crippen LogP contribution in [0.15, 0.2) is 39.4 Å². The maximum atomic E-state index is 10.7. The summed E-state index contributed by atoms with van der Waals surface area (Å²) in [6, 6.07) is 5.73. The van der Waals surface area contributed by atoms with E-state index in [1.165, 1.54) is 18.2 Å². The predicted octanol–water partition coefficient (Wildman–Crippen LogP) is 3.26. The van der Waals surface area contributed by atoms with Gasteiger partial charge in [0.2, 0.25) is 0 Å². The molecule has 1 heterocycles. The van der Waals surface area contributed by atoms with Gasteiger partial charge < -0.3 is 14.8 Å². The van der Waals surface area contributed by atoms with Gasteiger partial charge in [-0.3, -0.25) is 10.1 Å². The SMILES string of the molecule is O=C(O)c1coc(CNc2ccc([N+](=O)[O-])cc2Br)c1. The second kappa shape index (κ2) is 5.74. The molecule has 1 aromatic carbocycles. The first-order chi connectivity index (χ1) is 9.47. The fourth-order valence-electron chi connectivity index (χ4n) is 1.53. The van der Waals surface area contributed by atoms with Gasteiger partial charge in [0.1, 0.15) is 12.0 Å². The number of non-ortho nitro benzene ring substituents is 1. The van der Waals surface area contributed by atoms with Crippen LogP contribution in [0.3, 0.4) is 0 Å². The second-order valence-corrected chi connectivity index (χ2v) is 4.74. The van der Waals surface area contributed by atoms with Crippen molar-refractivity contribution in [1.82, 2.24) is 0 Å². The molecular weight excluding hydrogens is 332 g/mol. The molecule has 0 aliphatic carbocycles. The van der Waals surface area contributed by atoms with Crippen molar-refractivity contribution in [3.8, 4) is 0 Å². The number of furan rings is 1. The Hall–Kier alpha value is -2.35. The van der Waals surface area contributed by atoms with Crippen molar-refractivity contribution < 1.29 is 19.2 Å². The summed E-state index contributed by atoms with van der Waals surface area (Å²) in [7, 11) is 0. The highest BCUT2D eigenvalue weighted by atomic mass is 79.9. The molecule has 2 rings (SSSR count). The summed E-state index contributed by atoms with van der Waals surface area (Å²) in [6.07, 6.45) is 1.16. The van der Waals surface area contributed by atoms with Crippen LogP contribution in [0, 0.1) is 10.1 Å². The van der Waals surface area contributed by atoms with E-state index in [0.29, 0.717) is 15.9 Å². The summed E-state index contributed by atoms with van der Waals surface area (Å²) < 4.78 is 5.62. The maximum Gasteiger partial charge on any atom is 0.338 e. The molecule has 2 aromatic rings. The molecule has 2 N–H and O–H groups in total. The summed E-state index contributed by atoms with van der Waals surface area (Å²) in [6.45, 7) is 0.268. The lowest BCUT2D eigenvalue weighted by Crippen LogP contribution is -2.00. The van der Waals surface area contributed by atoms with Gasteiger partial charge in [-0.05, 0) is 28.1 Å². The number of nitro benzene ring substituents is 1. The lowest BCUT2D eigenvalue weighted by Gasteiger charge is -2.06. The van der Waals surface area contributed by atoms with E-state index in [0.717, 1.165) is 6.26 Å². The molecule has 20 heavy (non-hydrogen) atoms. The smallest absolute Gasteiger partial charge is 0.338 e. The zero-order valence-corrected chi connectivity index (χ0v) is 11.6. The first kappa shape index (κ1) is 14.1. The lowest BCUT2D eigenvalue weighted by molar-refractivity contribution is -0.384. The molecule has 0 amide bonds. The Bertz CT molecular complexity index is 668. The molecule has 0 aliphatic rings. The Morgan fingerprint density at radius 3 is 2.75 bits per heavy atom. The molecule has 0 saturated heterocycles. The third kappa shape index (κ3) is 3.15. The Morgan fingerprint density at radius 1 is 1.45 bits per heavy atom. The van der Waals surface area contributed by atoms with E-state index in [-0.39, 0.29) is 17.8 Å². The van der Waals surface area contributed by atoms with Crippen molar-refractivity contribution in [1.29, 1.82) is 0 Å². The van der Waals surface area contributed by atoms with Gasteiger partial charge in [-0.2, -0.15) is 0 Å². The van der Waals surface area contributed by atoms with E-state index in [9.17, 15) is 14.9 Å². The summed E-state index contributed by atoms with van der Waals surface area (Å²) in [5.41, 5.74) is 0.696. The molecule has 8 heteroatoms. The fraction of sp³-hybridized carbons (Fsp3) is 0.0833. The van der Waals surface area contributed by atoms with Crippen molar-refractivity contribution in [2.45, 2.75) is 6.54 Å². The van der Waals surface area contributed by atoms with Crippen molar-refractivity contribution in [3.63, 3.8) is 0 Å². The topological polar surface area (TPSA) is 106 Å². The molecule has 0 aliphatic heterocycles. The monoisotopic (exact) mass is 340 g/mol. The van der Waals surface area contributed by atoms with Crippen molar-refractivity contribution in [3.05, 3.63) is 56.4 Å². The van der Waals surface area contributed by atoms with Crippen LogP contribution in [-0.2, 0) is 6.54 Å². The van der Waals surface area contributed by atoms with Gasteiger partial charge in [0.15, 0.2) is 0 Å². The van der Waals surface area contributed by atoms with Gasteiger partial charge in [-0.15, -0.1) is 0 Å². The number of carbonyl (C=O) groups is 1. The average molecular weight is 341 g/mol. The van der Waals surface area contributed by atoms with E-state index in [1.54, 1.807) is 6.07 Å². The zero-order chi connectivity index (χ0) is 14.7. The molecule has 104 valence electrons. The highest BCUT2D eigenvalue weighted by molar-refractivity contribution is 9.10. The number of nitrogens with one attached hydrogen (secondary N) is 1. The molecule has 0 radical (unpaired) electrons. The van der Waals surface area contributed by atoms with Gasteiger partial charge in [0, 0.05) is 22.3 Å². The van der Waals surface area contributed by atoms with Gasteiger partial charge >= 0.3 is 5.97 Å². The summed E-state index contributed by atoms with van der Waals surface area (Å²) in [5.74, 6) is -0.607. The summed E-state index contributed by atoms with van der Waals surface area (Å²) in [4.78, 5) is 20.8. The minimum atomic E-state index is -1.06. The van der Waals surface area contributed by atoms with E-state index >= 15 is 0 Å². The Balaban J connectivity index is 2.06.